The van der Waals surface area contributed by atoms with Gasteiger partial charge < -0.3 is 24.4 Å². The van der Waals surface area contributed by atoms with E-state index in [0.717, 1.165) is 32.5 Å². The van der Waals surface area contributed by atoms with Gasteiger partial charge >= 0.3 is 0 Å². The van der Waals surface area contributed by atoms with E-state index in [4.69, 9.17) is 9.47 Å². The lowest BCUT2D eigenvalue weighted by molar-refractivity contribution is -0.140. The van der Waals surface area contributed by atoms with E-state index in [1.165, 1.54) is 0 Å². The van der Waals surface area contributed by atoms with Crippen molar-refractivity contribution in [2.45, 2.75) is 39.7 Å². The van der Waals surface area contributed by atoms with Gasteiger partial charge in [-0.1, -0.05) is 45.0 Å². The Morgan fingerprint density at radius 2 is 1.74 bits per heavy atom. The number of aliphatic hydroxyl groups excluding tert-OH is 1. The van der Waals surface area contributed by atoms with Gasteiger partial charge in [0.15, 0.2) is 0 Å². The monoisotopic (exact) mass is 480 g/mol. The molecule has 35 heavy (non-hydrogen) atoms. The summed E-state index contributed by atoms with van der Waals surface area (Å²) in [6.45, 7) is 9.83. The topological polar surface area (TPSA) is 79.3 Å². The summed E-state index contributed by atoms with van der Waals surface area (Å²) in [6.07, 6.45) is 1.57. The van der Waals surface area contributed by atoms with Crippen LogP contribution in [0.25, 0.3) is 5.76 Å². The lowest BCUT2D eigenvalue weighted by atomic mass is 9.95. The molecule has 2 aromatic carbocycles. The summed E-state index contributed by atoms with van der Waals surface area (Å²) >= 11 is 0. The van der Waals surface area contributed by atoms with Gasteiger partial charge in [-0.2, -0.15) is 0 Å². The summed E-state index contributed by atoms with van der Waals surface area (Å²) in [6, 6.07) is 13.6. The zero-order valence-corrected chi connectivity index (χ0v) is 21.1. The fourth-order valence-corrected chi connectivity index (χ4v) is 4.38. The Balaban J connectivity index is 2.04. The van der Waals surface area contributed by atoms with Crippen LogP contribution in [0.2, 0.25) is 0 Å². The van der Waals surface area contributed by atoms with Crippen molar-refractivity contribution in [1.82, 2.24) is 9.80 Å². The Bertz CT molecular complexity index is 1060. The first-order valence-corrected chi connectivity index (χ1v) is 12.3. The van der Waals surface area contributed by atoms with Gasteiger partial charge in [-0.05, 0) is 62.3 Å². The van der Waals surface area contributed by atoms with Crippen molar-refractivity contribution in [3.05, 3.63) is 65.2 Å². The normalized spacial score (nSPS) is 17.3. The first-order valence-electron chi connectivity index (χ1n) is 12.3. The standard InChI is InChI=1S/C28H36N2O5/c1-5-17-35-23-14-9-12-21(19-23)26(31)24-25(20-11-8-13-22(18-20)34-4)30(28(33)27(24)32)16-10-15-29(6-2)7-3/h8-9,11-14,18-19,25,31H,5-7,10,15-17H2,1-4H3. The Morgan fingerprint density at radius 3 is 2.43 bits per heavy atom. The lowest BCUT2D eigenvalue weighted by Crippen LogP contribution is -2.33. The molecule has 1 amide bonds. The van der Waals surface area contributed by atoms with Gasteiger partial charge in [0, 0.05) is 12.1 Å². The molecule has 7 nitrogen and oxygen atoms in total. The van der Waals surface area contributed by atoms with E-state index >= 15 is 0 Å². The zero-order valence-electron chi connectivity index (χ0n) is 21.1. The van der Waals surface area contributed by atoms with Gasteiger partial charge in [-0.3, -0.25) is 9.59 Å². The number of rotatable bonds is 12. The van der Waals surface area contributed by atoms with E-state index < -0.39 is 17.7 Å². The number of amides is 1. The second-order valence-corrected chi connectivity index (χ2v) is 8.53. The van der Waals surface area contributed by atoms with E-state index in [-0.39, 0.29) is 11.3 Å². The van der Waals surface area contributed by atoms with Crippen LogP contribution in [0, 0.1) is 0 Å². The number of aliphatic hydroxyl groups is 1. The molecule has 7 heteroatoms. The molecule has 0 spiro atoms. The molecule has 0 saturated carbocycles. The number of carbonyl (C=O) groups is 2. The number of likely N-dealkylation sites (tertiary alicyclic amines) is 1. The van der Waals surface area contributed by atoms with Crippen molar-refractivity contribution in [3.63, 3.8) is 0 Å². The third-order valence-corrected chi connectivity index (χ3v) is 6.30. The van der Waals surface area contributed by atoms with E-state index in [0.29, 0.717) is 35.8 Å². The Morgan fingerprint density at radius 1 is 1.03 bits per heavy atom. The number of benzene rings is 2. The van der Waals surface area contributed by atoms with Gasteiger partial charge in [0.25, 0.3) is 11.7 Å². The molecule has 1 saturated heterocycles. The highest BCUT2D eigenvalue weighted by molar-refractivity contribution is 6.46. The maximum Gasteiger partial charge on any atom is 0.295 e. The molecule has 188 valence electrons. The summed E-state index contributed by atoms with van der Waals surface area (Å²) in [5, 5.41) is 11.3. The van der Waals surface area contributed by atoms with Crippen LogP contribution in [0.4, 0.5) is 0 Å². The highest BCUT2D eigenvalue weighted by Gasteiger charge is 2.46. The molecule has 3 rings (SSSR count). The molecule has 1 unspecified atom stereocenters. The molecule has 0 aliphatic carbocycles. The second-order valence-electron chi connectivity index (χ2n) is 8.53. The molecule has 2 aromatic rings. The minimum atomic E-state index is -0.706. The first-order chi connectivity index (χ1) is 16.9. The summed E-state index contributed by atoms with van der Waals surface area (Å²) in [7, 11) is 1.57. The second kappa shape index (κ2) is 12.4. The number of ketones is 1. The van der Waals surface area contributed by atoms with Crippen LogP contribution in [0.15, 0.2) is 54.1 Å². The zero-order chi connectivity index (χ0) is 25.4. The van der Waals surface area contributed by atoms with E-state index in [1.807, 2.05) is 31.2 Å². The number of nitrogens with zero attached hydrogens (tertiary/aromatic N) is 2. The Kier molecular flexibility index (Phi) is 9.32. The van der Waals surface area contributed by atoms with Crippen LogP contribution in [0.5, 0.6) is 11.5 Å². The molecule has 1 aliphatic rings. The third-order valence-electron chi connectivity index (χ3n) is 6.30. The van der Waals surface area contributed by atoms with Crippen LogP contribution >= 0.6 is 0 Å². The number of Topliss-reactive ketones (excluding diaryl/α,β-unsaturated/α-hetero) is 1. The number of ether oxygens (including phenoxy) is 2. The van der Waals surface area contributed by atoms with Gasteiger partial charge in [-0.25, -0.2) is 0 Å². The molecule has 0 aromatic heterocycles. The quantitative estimate of drug-likeness (QED) is 0.271. The predicted octanol–water partition coefficient (Wildman–Crippen LogP) is 4.64. The van der Waals surface area contributed by atoms with Crippen molar-refractivity contribution in [2.75, 3.05) is 39.9 Å². The fourth-order valence-electron chi connectivity index (χ4n) is 4.38. The minimum absolute atomic E-state index is 0.0822. The smallest absolute Gasteiger partial charge is 0.295 e. The molecular weight excluding hydrogens is 444 g/mol. The van der Waals surface area contributed by atoms with E-state index in [9.17, 15) is 14.7 Å². The average molecular weight is 481 g/mol. The molecule has 0 bridgehead atoms. The van der Waals surface area contributed by atoms with E-state index in [1.54, 1.807) is 36.3 Å². The van der Waals surface area contributed by atoms with Crippen molar-refractivity contribution < 1.29 is 24.2 Å². The van der Waals surface area contributed by atoms with Crippen molar-refractivity contribution in [1.29, 1.82) is 0 Å². The SMILES string of the molecule is CCCOc1cccc(C(O)=C2C(=O)C(=O)N(CCCN(CC)CC)C2c2cccc(OC)c2)c1. The molecule has 1 aliphatic heterocycles. The lowest BCUT2D eigenvalue weighted by Gasteiger charge is -2.27. The maximum atomic E-state index is 13.3. The van der Waals surface area contributed by atoms with E-state index in [2.05, 4.69) is 18.7 Å². The number of methoxy groups -OCH3 is 1. The Hall–Kier alpha value is -3.32. The van der Waals surface area contributed by atoms with Gasteiger partial charge in [0.1, 0.15) is 17.3 Å². The Labute approximate surface area is 207 Å². The highest BCUT2D eigenvalue weighted by atomic mass is 16.5. The van der Waals surface area contributed by atoms with Crippen molar-refractivity contribution in [2.24, 2.45) is 0 Å². The van der Waals surface area contributed by atoms with Crippen LogP contribution in [0.1, 0.15) is 50.8 Å². The summed E-state index contributed by atoms with van der Waals surface area (Å²) in [5.41, 5.74) is 1.23. The highest BCUT2D eigenvalue weighted by Crippen LogP contribution is 2.40. The van der Waals surface area contributed by atoms with Gasteiger partial charge in [-0.15, -0.1) is 0 Å². The van der Waals surface area contributed by atoms with Crippen LogP contribution in [0.3, 0.4) is 0 Å². The number of hydrogen-bond acceptors (Lipinski definition) is 6. The summed E-state index contributed by atoms with van der Waals surface area (Å²) < 4.78 is 11.1. The summed E-state index contributed by atoms with van der Waals surface area (Å²) in [5.74, 6) is -0.270. The molecule has 1 N–H and O–H groups in total. The van der Waals surface area contributed by atoms with Crippen LogP contribution in [-0.4, -0.2) is 66.5 Å². The van der Waals surface area contributed by atoms with Gasteiger partial charge in [0.2, 0.25) is 0 Å². The largest absolute Gasteiger partial charge is 0.507 e. The van der Waals surface area contributed by atoms with Gasteiger partial charge in [0.05, 0.1) is 25.3 Å². The predicted molar refractivity (Wildman–Crippen MR) is 137 cm³/mol. The molecule has 0 radical (unpaired) electrons. The van der Waals surface area contributed by atoms with Crippen LogP contribution in [-0.2, 0) is 9.59 Å². The number of carbonyl (C=O) groups excluding carboxylic acids is 2. The number of hydrogen-bond donors (Lipinski definition) is 1. The average Bonchev–Trinajstić information content (AvgIpc) is 3.14. The minimum Gasteiger partial charge on any atom is -0.507 e. The third kappa shape index (κ3) is 6.03. The van der Waals surface area contributed by atoms with Crippen LogP contribution < -0.4 is 9.47 Å². The fraction of sp³-hybridized carbons (Fsp3) is 0.429. The van der Waals surface area contributed by atoms with Crippen molar-refractivity contribution in [3.8, 4) is 11.5 Å². The van der Waals surface area contributed by atoms with Crippen molar-refractivity contribution >= 4 is 17.4 Å². The maximum absolute atomic E-state index is 13.3. The molecular formula is C28H36N2O5. The molecule has 1 fully saturated rings. The first kappa shape index (κ1) is 26.3. The summed E-state index contributed by atoms with van der Waals surface area (Å²) in [4.78, 5) is 30.3. The molecule has 1 atom stereocenters. The molecule has 1 heterocycles.